The van der Waals surface area contributed by atoms with Gasteiger partial charge in [-0.25, -0.2) is 0 Å². The molecule has 1 aromatic carbocycles. The molecule has 1 fully saturated rings. The summed E-state index contributed by atoms with van der Waals surface area (Å²) in [7, 11) is 3.60. The summed E-state index contributed by atoms with van der Waals surface area (Å²) in [5.41, 5.74) is 1.40. The molecule has 0 radical (unpaired) electrons. The van der Waals surface area contributed by atoms with Crippen LogP contribution in [-0.2, 0) is 11.3 Å². The second kappa shape index (κ2) is 11.9. The molecule has 2 rings (SSSR count). The Labute approximate surface area is 152 Å². The lowest BCUT2D eigenvalue weighted by Crippen LogP contribution is -2.44. The van der Waals surface area contributed by atoms with Gasteiger partial charge in [-0.1, -0.05) is 30.3 Å². The van der Waals surface area contributed by atoms with Crippen molar-refractivity contribution >= 4 is 5.96 Å². The topological polar surface area (TPSA) is 48.9 Å². The lowest BCUT2D eigenvalue weighted by molar-refractivity contribution is 0.192. The minimum Gasteiger partial charge on any atom is -0.385 e. The molecule has 0 aliphatic carbocycles. The summed E-state index contributed by atoms with van der Waals surface area (Å²) in [5.74, 6) is 0.915. The van der Waals surface area contributed by atoms with Crippen molar-refractivity contribution in [3.63, 3.8) is 0 Å². The fourth-order valence-corrected chi connectivity index (χ4v) is 3.34. The molecule has 1 atom stereocenters. The van der Waals surface area contributed by atoms with Crippen LogP contribution in [0.4, 0.5) is 0 Å². The Morgan fingerprint density at radius 3 is 2.80 bits per heavy atom. The highest BCUT2D eigenvalue weighted by Crippen LogP contribution is 2.19. The van der Waals surface area contributed by atoms with Gasteiger partial charge >= 0.3 is 0 Å². The lowest BCUT2D eigenvalue weighted by atomic mass is 10.2. The predicted octanol–water partition coefficient (Wildman–Crippen LogP) is 2.63. The highest BCUT2D eigenvalue weighted by atomic mass is 16.5. The fourth-order valence-electron chi connectivity index (χ4n) is 3.34. The van der Waals surface area contributed by atoms with Crippen molar-refractivity contribution in [1.82, 2.24) is 15.5 Å². The molecular formula is C20H34N4O. The average molecular weight is 347 g/mol. The van der Waals surface area contributed by atoms with E-state index in [-0.39, 0.29) is 0 Å². The van der Waals surface area contributed by atoms with Gasteiger partial charge in [0, 0.05) is 46.4 Å². The first-order chi connectivity index (χ1) is 12.3. The Balaban J connectivity index is 1.67. The summed E-state index contributed by atoms with van der Waals surface area (Å²) in [6.07, 6.45) is 6.00. The molecule has 5 nitrogen and oxygen atoms in total. The van der Waals surface area contributed by atoms with E-state index in [1.165, 1.54) is 31.4 Å². The quantitative estimate of drug-likeness (QED) is 0.388. The maximum absolute atomic E-state index is 5.08. The van der Waals surface area contributed by atoms with Gasteiger partial charge in [-0.15, -0.1) is 0 Å². The van der Waals surface area contributed by atoms with Crippen molar-refractivity contribution < 1.29 is 4.74 Å². The average Bonchev–Trinajstić information content (AvgIpc) is 3.08. The number of hydrogen-bond acceptors (Lipinski definition) is 3. The minimum absolute atomic E-state index is 0.584. The molecule has 2 N–H and O–H groups in total. The van der Waals surface area contributed by atoms with Crippen LogP contribution in [0.5, 0.6) is 0 Å². The van der Waals surface area contributed by atoms with Crippen LogP contribution in [0.1, 0.15) is 37.7 Å². The number of unbranched alkanes of at least 4 members (excludes halogenated alkanes) is 2. The van der Waals surface area contributed by atoms with Gasteiger partial charge in [0.1, 0.15) is 0 Å². The largest absolute Gasteiger partial charge is 0.385 e. The Kier molecular flexibility index (Phi) is 9.37. The van der Waals surface area contributed by atoms with Crippen LogP contribution in [0.15, 0.2) is 35.3 Å². The molecule has 5 heteroatoms. The molecule has 1 aliphatic rings. The molecule has 0 aromatic heterocycles. The van der Waals surface area contributed by atoms with Crippen molar-refractivity contribution in [2.75, 3.05) is 40.4 Å². The fraction of sp³-hybridized carbons (Fsp3) is 0.650. The van der Waals surface area contributed by atoms with Crippen molar-refractivity contribution in [3.05, 3.63) is 35.9 Å². The number of ether oxygens (including phenoxy) is 1. The van der Waals surface area contributed by atoms with Crippen LogP contribution in [0.3, 0.4) is 0 Å². The molecule has 0 bridgehead atoms. The van der Waals surface area contributed by atoms with Crippen LogP contribution in [0.25, 0.3) is 0 Å². The maximum atomic E-state index is 5.08. The summed E-state index contributed by atoms with van der Waals surface area (Å²) < 4.78 is 5.08. The van der Waals surface area contributed by atoms with E-state index in [0.717, 1.165) is 45.0 Å². The summed E-state index contributed by atoms with van der Waals surface area (Å²) in [4.78, 5) is 6.93. The lowest BCUT2D eigenvalue weighted by Gasteiger charge is -2.25. The van der Waals surface area contributed by atoms with Gasteiger partial charge in [0.2, 0.25) is 0 Å². The second-order valence-electron chi connectivity index (χ2n) is 6.69. The third-order valence-corrected chi connectivity index (χ3v) is 4.77. The second-order valence-corrected chi connectivity index (χ2v) is 6.69. The van der Waals surface area contributed by atoms with Crippen LogP contribution >= 0.6 is 0 Å². The van der Waals surface area contributed by atoms with E-state index in [1.807, 2.05) is 7.05 Å². The number of methoxy groups -OCH3 is 1. The van der Waals surface area contributed by atoms with Crippen LogP contribution < -0.4 is 10.6 Å². The van der Waals surface area contributed by atoms with E-state index in [4.69, 9.17) is 4.74 Å². The molecule has 1 unspecified atom stereocenters. The highest BCUT2D eigenvalue weighted by molar-refractivity contribution is 5.79. The van der Waals surface area contributed by atoms with Gasteiger partial charge in [-0.05, 0) is 44.2 Å². The van der Waals surface area contributed by atoms with Crippen molar-refractivity contribution in [3.8, 4) is 0 Å². The van der Waals surface area contributed by atoms with E-state index >= 15 is 0 Å². The minimum atomic E-state index is 0.584. The first-order valence-electron chi connectivity index (χ1n) is 9.55. The zero-order valence-corrected chi connectivity index (χ0v) is 15.8. The number of hydrogen-bond donors (Lipinski definition) is 2. The van der Waals surface area contributed by atoms with Crippen molar-refractivity contribution in [2.45, 2.75) is 44.7 Å². The van der Waals surface area contributed by atoms with E-state index < -0.39 is 0 Å². The normalized spacial score (nSPS) is 18.5. The third kappa shape index (κ3) is 7.45. The first kappa shape index (κ1) is 19.7. The molecule has 1 heterocycles. The van der Waals surface area contributed by atoms with Crippen LogP contribution in [-0.4, -0.2) is 57.3 Å². The third-order valence-electron chi connectivity index (χ3n) is 4.77. The highest BCUT2D eigenvalue weighted by Gasteiger charge is 2.24. The Morgan fingerprint density at radius 1 is 1.20 bits per heavy atom. The molecule has 0 saturated carbocycles. The number of nitrogens with zero attached hydrogens (tertiary/aromatic N) is 2. The van der Waals surface area contributed by atoms with E-state index in [0.29, 0.717) is 6.04 Å². The monoisotopic (exact) mass is 346 g/mol. The van der Waals surface area contributed by atoms with E-state index in [9.17, 15) is 0 Å². The molecule has 0 spiro atoms. The summed E-state index contributed by atoms with van der Waals surface area (Å²) >= 11 is 0. The Hall–Kier alpha value is -1.59. The van der Waals surface area contributed by atoms with E-state index in [2.05, 4.69) is 50.9 Å². The van der Waals surface area contributed by atoms with Crippen molar-refractivity contribution in [2.24, 2.45) is 4.99 Å². The number of benzene rings is 1. The standard InChI is InChI=1S/C20H34N4O/c1-21-20(22-13-7-4-8-15-25-2)23-16-19-12-9-14-24(19)17-18-10-5-3-6-11-18/h3,5-6,10-11,19H,4,7-9,12-17H2,1-2H3,(H2,21,22,23). The smallest absolute Gasteiger partial charge is 0.191 e. The maximum Gasteiger partial charge on any atom is 0.191 e. The SMILES string of the molecule is CN=C(NCCCCCOC)NCC1CCCN1Cc1ccccc1. The molecular weight excluding hydrogens is 312 g/mol. The predicted molar refractivity (Wildman–Crippen MR) is 105 cm³/mol. The van der Waals surface area contributed by atoms with Gasteiger partial charge in [-0.2, -0.15) is 0 Å². The number of likely N-dealkylation sites (tertiary alicyclic amines) is 1. The Bertz CT molecular complexity index is 492. The summed E-state index contributed by atoms with van der Waals surface area (Å²) in [6.45, 7) is 5.00. The zero-order valence-electron chi connectivity index (χ0n) is 15.8. The Morgan fingerprint density at radius 2 is 2.04 bits per heavy atom. The van der Waals surface area contributed by atoms with Gasteiger partial charge in [0.25, 0.3) is 0 Å². The molecule has 1 saturated heterocycles. The van der Waals surface area contributed by atoms with Gasteiger partial charge in [0.15, 0.2) is 5.96 Å². The van der Waals surface area contributed by atoms with Gasteiger partial charge < -0.3 is 15.4 Å². The first-order valence-corrected chi connectivity index (χ1v) is 9.55. The molecule has 25 heavy (non-hydrogen) atoms. The number of aliphatic imine (C=N–C) groups is 1. The van der Waals surface area contributed by atoms with Gasteiger partial charge in [0.05, 0.1) is 0 Å². The molecule has 1 aliphatic heterocycles. The molecule has 1 aromatic rings. The van der Waals surface area contributed by atoms with Gasteiger partial charge in [-0.3, -0.25) is 9.89 Å². The number of rotatable bonds is 10. The summed E-state index contributed by atoms with van der Waals surface area (Å²) in [5, 5.41) is 6.92. The van der Waals surface area contributed by atoms with E-state index in [1.54, 1.807) is 7.11 Å². The van der Waals surface area contributed by atoms with Crippen molar-refractivity contribution in [1.29, 1.82) is 0 Å². The summed E-state index contributed by atoms with van der Waals surface area (Å²) in [6, 6.07) is 11.3. The molecule has 0 amide bonds. The number of guanidine groups is 1. The van der Waals surface area contributed by atoms with Crippen LogP contribution in [0.2, 0.25) is 0 Å². The zero-order chi connectivity index (χ0) is 17.7. The van der Waals surface area contributed by atoms with Crippen LogP contribution in [0, 0.1) is 0 Å². The number of nitrogens with one attached hydrogen (secondary N) is 2. The molecule has 140 valence electrons.